The van der Waals surface area contributed by atoms with Crippen molar-refractivity contribution in [2.75, 3.05) is 18.4 Å². The van der Waals surface area contributed by atoms with Gasteiger partial charge < -0.3 is 15.0 Å². The summed E-state index contributed by atoms with van der Waals surface area (Å²) < 4.78 is 47.6. The van der Waals surface area contributed by atoms with E-state index in [-0.39, 0.29) is 41.1 Å². The molecule has 1 amide bonds. The van der Waals surface area contributed by atoms with Crippen LogP contribution in [0, 0.1) is 10.1 Å². The number of rotatable bonds is 5. The summed E-state index contributed by atoms with van der Waals surface area (Å²) in [5.74, 6) is 0. The fourth-order valence-electron chi connectivity index (χ4n) is 3.99. The van der Waals surface area contributed by atoms with Gasteiger partial charge in [0, 0.05) is 12.7 Å². The number of hydrogen-bond donors (Lipinski definition) is 1. The van der Waals surface area contributed by atoms with Crippen molar-refractivity contribution in [3.63, 3.8) is 0 Å². The molecule has 11 nitrogen and oxygen atoms in total. The first kappa shape index (κ1) is 25.4. The molecule has 13 heteroatoms. The molecule has 0 spiro atoms. The van der Waals surface area contributed by atoms with Gasteiger partial charge in [-0.2, -0.15) is 0 Å². The minimum Gasteiger partial charge on any atom is -0.444 e. The molecule has 36 heavy (non-hydrogen) atoms. The minimum atomic E-state index is -4.02. The molecule has 1 fully saturated rings. The molecule has 1 aromatic carbocycles. The summed E-state index contributed by atoms with van der Waals surface area (Å²) in [6.45, 7) is 5.06. The van der Waals surface area contributed by atoms with Crippen LogP contribution >= 0.6 is 0 Å². The van der Waals surface area contributed by atoms with Gasteiger partial charge in [-0.05, 0) is 45.4 Å². The fraction of sp³-hybridized carbons (Fsp3) is 0.391. The Bertz CT molecular complexity index is 1400. The van der Waals surface area contributed by atoms with Crippen molar-refractivity contribution in [2.45, 2.75) is 49.9 Å². The Hall–Kier alpha value is -3.74. The molecule has 192 valence electrons. The standard InChI is InChI=1S/C23H26FN5O6S/c1-23(2,3)35-22(30)27-11-10-18(17(24)14-27)26-20-16-9-12-28(21(16)25-13-19(20)29(31)32)36(33,34)15-7-5-4-6-8-15/h4-9,12-13,17-18H,10-11,14H2,1-3H3,(H,25,26). The summed E-state index contributed by atoms with van der Waals surface area (Å²) in [7, 11) is -4.02. The van der Waals surface area contributed by atoms with Crippen LogP contribution in [0.5, 0.6) is 0 Å². The quantitative estimate of drug-likeness (QED) is 0.395. The summed E-state index contributed by atoms with van der Waals surface area (Å²) in [6, 6.07) is 8.22. The number of nitrogens with zero attached hydrogens (tertiary/aromatic N) is 4. The number of carbonyl (C=O) groups is 1. The Morgan fingerprint density at radius 2 is 1.94 bits per heavy atom. The highest BCUT2D eigenvalue weighted by molar-refractivity contribution is 7.90. The lowest BCUT2D eigenvalue weighted by molar-refractivity contribution is -0.384. The predicted molar refractivity (Wildman–Crippen MR) is 130 cm³/mol. The highest BCUT2D eigenvalue weighted by atomic mass is 32.2. The summed E-state index contributed by atoms with van der Waals surface area (Å²) in [6.07, 6.45) is 0.176. The van der Waals surface area contributed by atoms with Gasteiger partial charge in [0.05, 0.1) is 27.8 Å². The normalized spacial score (nSPS) is 18.7. The van der Waals surface area contributed by atoms with E-state index in [1.165, 1.54) is 29.3 Å². The molecule has 0 bridgehead atoms. The third-order valence-electron chi connectivity index (χ3n) is 5.68. The number of alkyl halides is 1. The average molecular weight is 520 g/mol. The van der Waals surface area contributed by atoms with Crippen LogP contribution in [0.3, 0.4) is 0 Å². The average Bonchev–Trinajstić information content (AvgIpc) is 3.25. The number of ether oxygens (including phenoxy) is 1. The zero-order chi connectivity index (χ0) is 26.3. The lowest BCUT2D eigenvalue weighted by Gasteiger charge is -2.36. The fourth-order valence-corrected chi connectivity index (χ4v) is 5.31. The zero-order valence-electron chi connectivity index (χ0n) is 19.9. The Morgan fingerprint density at radius 1 is 1.25 bits per heavy atom. The van der Waals surface area contributed by atoms with Gasteiger partial charge in [-0.3, -0.25) is 10.1 Å². The van der Waals surface area contributed by atoms with Crippen LogP contribution in [0.4, 0.5) is 20.6 Å². The molecular formula is C23H26FN5O6S. The highest BCUT2D eigenvalue weighted by Crippen LogP contribution is 2.35. The molecule has 1 saturated heterocycles. The number of likely N-dealkylation sites (tertiary alicyclic amines) is 1. The number of aromatic nitrogens is 2. The second-order valence-electron chi connectivity index (χ2n) is 9.42. The molecule has 1 N–H and O–H groups in total. The van der Waals surface area contributed by atoms with Gasteiger partial charge in [0.1, 0.15) is 23.7 Å². The van der Waals surface area contributed by atoms with Crippen molar-refractivity contribution >= 4 is 38.5 Å². The van der Waals surface area contributed by atoms with Crippen molar-refractivity contribution < 1.29 is 27.3 Å². The van der Waals surface area contributed by atoms with Gasteiger partial charge in [0.25, 0.3) is 10.0 Å². The maximum absolute atomic E-state index is 15.1. The van der Waals surface area contributed by atoms with Gasteiger partial charge in [0.15, 0.2) is 5.65 Å². The lowest BCUT2D eigenvalue weighted by Crippen LogP contribution is -2.51. The maximum Gasteiger partial charge on any atom is 0.410 e. The van der Waals surface area contributed by atoms with Gasteiger partial charge >= 0.3 is 11.8 Å². The monoisotopic (exact) mass is 519 g/mol. The van der Waals surface area contributed by atoms with Crippen LogP contribution in [0.2, 0.25) is 0 Å². The number of amides is 1. The number of nitro groups is 1. The Labute approximate surface area is 207 Å². The Kier molecular flexibility index (Phi) is 6.60. The van der Waals surface area contributed by atoms with Crippen LogP contribution in [-0.4, -0.2) is 64.2 Å². The number of benzene rings is 1. The first-order chi connectivity index (χ1) is 16.9. The van der Waals surface area contributed by atoms with Crippen LogP contribution in [0.1, 0.15) is 27.2 Å². The molecule has 0 radical (unpaired) electrons. The van der Waals surface area contributed by atoms with E-state index < -0.39 is 44.5 Å². The molecule has 0 aliphatic carbocycles. The van der Waals surface area contributed by atoms with E-state index >= 15 is 4.39 Å². The topological polar surface area (TPSA) is 137 Å². The number of fused-ring (bicyclic) bond motifs is 1. The molecule has 0 saturated carbocycles. The molecule has 2 atom stereocenters. The van der Waals surface area contributed by atoms with E-state index in [1.54, 1.807) is 39.0 Å². The number of carbonyl (C=O) groups excluding carboxylic acids is 1. The summed E-state index contributed by atoms with van der Waals surface area (Å²) in [5, 5.41) is 14.8. The number of halogens is 1. The van der Waals surface area contributed by atoms with E-state index in [0.29, 0.717) is 0 Å². The second-order valence-corrected chi connectivity index (χ2v) is 11.2. The highest BCUT2D eigenvalue weighted by Gasteiger charge is 2.35. The van der Waals surface area contributed by atoms with Crippen LogP contribution < -0.4 is 5.32 Å². The van der Waals surface area contributed by atoms with E-state index in [9.17, 15) is 23.3 Å². The van der Waals surface area contributed by atoms with E-state index in [4.69, 9.17) is 4.74 Å². The lowest BCUT2D eigenvalue weighted by atomic mass is 10.0. The smallest absolute Gasteiger partial charge is 0.410 e. The number of anilines is 1. The Morgan fingerprint density at radius 3 is 2.56 bits per heavy atom. The van der Waals surface area contributed by atoms with Gasteiger partial charge in [-0.1, -0.05) is 18.2 Å². The summed E-state index contributed by atoms with van der Waals surface area (Å²) in [4.78, 5) is 28.7. The molecular weight excluding hydrogens is 493 g/mol. The second kappa shape index (κ2) is 9.37. The molecule has 2 aromatic heterocycles. The minimum absolute atomic E-state index is 0.0236. The first-order valence-corrected chi connectivity index (χ1v) is 12.7. The molecule has 3 aromatic rings. The van der Waals surface area contributed by atoms with Crippen LogP contribution in [0.25, 0.3) is 11.0 Å². The third-order valence-corrected chi connectivity index (χ3v) is 7.36. The number of piperidine rings is 1. The molecule has 1 aliphatic heterocycles. The van der Waals surface area contributed by atoms with Crippen molar-refractivity contribution in [3.05, 3.63) is 58.9 Å². The number of pyridine rings is 1. The maximum atomic E-state index is 15.1. The number of nitrogens with one attached hydrogen (secondary N) is 1. The van der Waals surface area contributed by atoms with Crippen LogP contribution in [-0.2, 0) is 14.8 Å². The van der Waals surface area contributed by atoms with Crippen molar-refractivity contribution in [2.24, 2.45) is 0 Å². The third kappa shape index (κ3) is 4.96. The molecule has 4 rings (SSSR count). The van der Waals surface area contributed by atoms with Crippen molar-refractivity contribution in [1.82, 2.24) is 13.9 Å². The number of hydrogen-bond acceptors (Lipinski definition) is 8. The van der Waals surface area contributed by atoms with Crippen molar-refractivity contribution in [1.29, 1.82) is 0 Å². The van der Waals surface area contributed by atoms with Gasteiger partial charge in [0.2, 0.25) is 0 Å². The van der Waals surface area contributed by atoms with Gasteiger partial charge in [-0.25, -0.2) is 26.6 Å². The molecule has 3 heterocycles. The largest absolute Gasteiger partial charge is 0.444 e. The van der Waals surface area contributed by atoms with Crippen LogP contribution in [0.15, 0.2) is 53.7 Å². The summed E-state index contributed by atoms with van der Waals surface area (Å²) >= 11 is 0. The Balaban J connectivity index is 1.65. The van der Waals surface area contributed by atoms with E-state index in [2.05, 4.69) is 10.3 Å². The molecule has 1 aliphatic rings. The SMILES string of the molecule is CC(C)(C)OC(=O)N1CCC(Nc2c([N+](=O)[O-])cnc3c2ccn3S(=O)(=O)c2ccccc2)C(F)C1. The zero-order valence-corrected chi connectivity index (χ0v) is 20.7. The predicted octanol–water partition coefficient (Wildman–Crippen LogP) is 3.94. The first-order valence-electron chi connectivity index (χ1n) is 11.2. The summed E-state index contributed by atoms with van der Waals surface area (Å²) in [5.41, 5.74) is -1.22. The van der Waals surface area contributed by atoms with Gasteiger partial charge in [-0.15, -0.1) is 0 Å². The molecule has 2 unspecified atom stereocenters. The van der Waals surface area contributed by atoms with E-state index in [0.717, 1.165) is 10.2 Å². The van der Waals surface area contributed by atoms with Crippen molar-refractivity contribution in [3.8, 4) is 0 Å². The van der Waals surface area contributed by atoms with E-state index in [1.807, 2.05) is 0 Å².